The van der Waals surface area contributed by atoms with Gasteiger partial charge in [0.2, 0.25) is 0 Å². The lowest BCUT2D eigenvalue weighted by atomic mass is 10.3. The molecule has 2 aromatic carbocycles. The number of nitrogens with zero attached hydrogens (tertiary/aromatic N) is 1. The van der Waals surface area contributed by atoms with E-state index in [9.17, 15) is 22.9 Å². The van der Waals surface area contributed by atoms with Crippen molar-refractivity contribution in [3.63, 3.8) is 0 Å². The van der Waals surface area contributed by atoms with E-state index in [4.69, 9.17) is 0 Å². The van der Waals surface area contributed by atoms with Gasteiger partial charge in [0, 0.05) is 22.3 Å². The molecule has 0 fully saturated rings. The summed E-state index contributed by atoms with van der Waals surface area (Å²) >= 11 is 3.19. The zero-order valence-corrected chi connectivity index (χ0v) is 12.7. The molecule has 0 spiro atoms. The van der Waals surface area contributed by atoms with E-state index < -0.39 is 31.3 Å². The molecule has 0 aliphatic carbocycles. The minimum atomic E-state index is -4.26. The van der Waals surface area contributed by atoms with Crippen molar-refractivity contribution in [2.75, 3.05) is 4.72 Å². The quantitative estimate of drug-likeness (QED) is 0.656. The third-order valence-corrected chi connectivity index (χ3v) is 4.44. The first kappa shape index (κ1) is 15.4. The molecule has 9 heteroatoms. The zero-order valence-electron chi connectivity index (χ0n) is 10.3. The van der Waals surface area contributed by atoms with Crippen molar-refractivity contribution in [2.45, 2.75) is 4.90 Å². The summed E-state index contributed by atoms with van der Waals surface area (Å²) < 4.78 is 40.7. The summed E-state index contributed by atoms with van der Waals surface area (Å²) in [5.41, 5.74) is -0.295. The Balaban J connectivity index is 2.41. The maximum absolute atomic E-state index is 13.6. The van der Waals surface area contributed by atoms with E-state index in [0.29, 0.717) is 6.07 Å². The maximum atomic E-state index is 13.6. The number of hydrogen-bond donors (Lipinski definition) is 1. The van der Waals surface area contributed by atoms with Crippen LogP contribution in [0, 0.1) is 15.9 Å². The predicted octanol–water partition coefficient (Wildman–Crippen LogP) is 3.30. The van der Waals surface area contributed by atoms with Gasteiger partial charge in [0.25, 0.3) is 15.7 Å². The normalized spacial score (nSPS) is 11.1. The van der Waals surface area contributed by atoms with Gasteiger partial charge in [-0.2, -0.15) is 0 Å². The van der Waals surface area contributed by atoms with Crippen LogP contribution < -0.4 is 4.72 Å². The fraction of sp³-hybridized carbons (Fsp3) is 0. The van der Waals surface area contributed by atoms with E-state index in [1.54, 1.807) is 12.1 Å². The largest absolute Gasteiger partial charge is 0.280 e. The second kappa shape index (κ2) is 5.78. The Morgan fingerprint density at radius 1 is 1.14 bits per heavy atom. The molecule has 2 aromatic rings. The SMILES string of the molecule is O=[N+]([O-])c1ccc(F)c(S(=O)(=O)Nc2ccc(Br)cc2)c1. The monoisotopic (exact) mass is 374 g/mol. The van der Waals surface area contributed by atoms with Crippen LogP contribution in [-0.2, 0) is 10.0 Å². The lowest BCUT2D eigenvalue weighted by molar-refractivity contribution is -0.385. The molecule has 0 aliphatic heterocycles. The predicted molar refractivity (Wildman–Crippen MR) is 78.0 cm³/mol. The Kier molecular flexibility index (Phi) is 4.24. The van der Waals surface area contributed by atoms with Gasteiger partial charge in [-0.3, -0.25) is 14.8 Å². The first-order valence-corrected chi connectivity index (χ1v) is 7.79. The topological polar surface area (TPSA) is 89.3 Å². The molecule has 0 radical (unpaired) electrons. The standard InChI is InChI=1S/C12H8BrFN2O4S/c13-8-1-3-9(4-2-8)15-21(19,20)12-7-10(16(17)18)5-6-11(12)14/h1-7,15H. The zero-order chi connectivity index (χ0) is 15.6. The third kappa shape index (κ3) is 3.56. The van der Waals surface area contributed by atoms with Gasteiger partial charge in [-0.05, 0) is 30.3 Å². The van der Waals surface area contributed by atoms with Gasteiger partial charge in [0.15, 0.2) is 0 Å². The number of anilines is 1. The maximum Gasteiger partial charge on any atom is 0.271 e. The second-order valence-electron chi connectivity index (χ2n) is 3.98. The highest BCUT2D eigenvalue weighted by Gasteiger charge is 2.22. The summed E-state index contributed by atoms with van der Waals surface area (Å²) in [7, 11) is -4.26. The van der Waals surface area contributed by atoms with Gasteiger partial charge in [-0.25, -0.2) is 12.8 Å². The van der Waals surface area contributed by atoms with Gasteiger partial charge in [0.1, 0.15) is 10.7 Å². The summed E-state index contributed by atoms with van der Waals surface area (Å²) in [6, 6.07) is 8.45. The summed E-state index contributed by atoms with van der Waals surface area (Å²) in [6.07, 6.45) is 0. The number of nitro benzene ring substituents is 1. The smallest absolute Gasteiger partial charge is 0.271 e. The number of nitro groups is 1. The van der Waals surface area contributed by atoms with Crippen molar-refractivity contribution in [3.05, 3.63) is 62.9 Å². The van der Waals surface area contributed by atoms with E-state index in [1.807, 2.05) is 0 Å². The van der Waals surface area contributed by atoms with Crippen LogP contribution in [0.15, 0.2) is 51.8 Å². The van der Waals surface area contributed by atoms with Crippen LogP contribution in [0.1, 0.15) is 0 Å². The molecule has 1 N–H and O–H groups in total. The van der Waals surface area contributed by atoms with Gasteiger partial charge in [0.05, 0.1) is 4.92 Å². The summed E-state index contributed by atoms with van der Waals surface area (Å²) in [5, 5.41) is 10.6. The Morgan fingerprint density at radius 3 is 2.33 bits per heavy atom. The van der Waals surface area contributed by atoms with Crippen LogP contribution in [0.5, 0.6) is 0 Å². The fourth-order valence-electron chi connectivity index (χ4n) is 1.54. The van der Waals surface area contributed by atoms with Crippen molar-refractivity contribution >= 4 is 37.3 Å². The molecule has 0 unspecified atom stereocenters. The van der Waals surface area contributed by atoms with Gasteiger partial charge in [-0.15, -0.1) is 0 Å². The number of non-ortho nitro benzene ring substituents is 1. The Morgan fingerprint density at radius 2 is 1.76 bits per heavy atom. The molecule has 0 amide bonds. The van der Waals surface area contributed by atoms with Gasteiger partial charge >= 0.3 is 0 Å². The number of nitrogens with one attached hydrogen (secondary N) is 1. The van der Waals surface area contributed by atoms with Gasteiger partial charge < -0.3 is 0 Å². The molecular weight excluding hydrogens is 367 g/mol. The van der Waals surface area contributed by atoms with Crippen LogP contribution in [-0.4, -0.2) is 13.3 Å². The highest BCUT2D eigenvalue weighted by atomic mass is 79.9. The van der Waals surface area contributed by atoms with Crippen molar-refractivity contribution in [1.82, 2.24) is 0 Å². The molecule has 0 bridgehead atoms. The molecule has 0 saturated heterocycles. The lowest BCUT2D eigenvalue weighted by Gasteiger charge is -2.08. The summed E-state index contributed by atoms with van der Waals surface area (Å²) in [6.45, 7) is 0. The van der Waals surface area contributed by atoms with Crippen molar-refractivity contribution in [2.24, 2.45) is 0 Å². The summed E-state index contributed by atoms with van der Waals surface area (Å²) in [4.78, 5) is 9.08. The van der Waals surface area contributed by atoms with Crippen LogP contribution in [0.2, 0.25) is 0 Å². The molecule has 0 saturated carbocycles. The van der Waals surface area contributed by atoms with Crippen molar-refractivity contribution in [3.8, 4) is 0 Å². The van der Waals surface area contributed by atoms with Crippen LogP contribution in [0.25, 0.3) is 0 Å². The molecule has 0 aromatic heterocycles. The molecule has 0 heterocycles. The van der Waals surface area contributed by atoms with Gasteiger partial charge in [-0.1, -0.05) is 15.9 Å². The third-order valence-electron chi connectivity index (χ3n) is 2.51. The van der Waals surface area contributed by atoms with E-state index in [-0.39, 0.29) is 5.69 Å². The molecule has 0 aliphatic rings. The molecule has 2 rings (SSSR count). The number of sulfonamides is 1. The Hall–Kier alpha value is -2.00. The molecular formula is C12H8BrFN2O4S. The fourth-order valence-corrected chi connectivity index (χ4v) is 2.96. The van der Waals surface area contributed by atoms with Crippen LogP contribution >= 0.6 is 15.9 Å². The van der Waals surface area contributed by atoms with Crippen molar-refractivity contribution < 1.29 is 17.7 Å². The van der Waals surface area contributed by atoms with E-state index in [0.717, 1.165) is 16.6 Å². The summed E-state index contributed by atoms with van der Waals surface area (Å²) in [5.74, 6) is -1.06. The molecule has 110 valence electrons. The van der Waals surface area contributed by atoms with E-state index in [2.05, 4.69) is 20.7 Å². The Bertz CT molecular complexity index is 793. The minimum Gasteiger partial charge on any atom is -0.280 e. The molecule has 6 nitrogen and oxygen atoms in total. The number of halogens is 2. The van der Waals surface area contributed by atoms with E-state index >= 15 is 0 Å². The lowest BCUT2D eigenvalue weighted by Crippen LogP contribution is -2.14. The highest BCUT2D eigenvalue weighted by molar-refractivity contribution is 9.10. The molecule has 0 atom stereocenters. The Labute approximate surface area is 127 Å². The first-order valence-electron chi connectivity index (χ1n) is 5.52. The second-order valence-corrected chi connectivity index (χ2v) is 6.55. The first-order chi connectivity index (χ1) is 9.79. The number of rotatable bonds is 4. The highest BCUT2D eigenvalue weighted by Crippen LogP contribution is 2.24. The van der Waals surface area contributed by atoms with Crippen LogP contribution in [0.4, 0.5) is 15.8 Å². The van der Waals surface area contributed by atoms with Crippen LogP contribution in [0.3, 0.4) is 0 Å². The number of hydrogen-bond acceptors (Lipinski definition) is 4. The number of benzene rings is 2. The van der Waals surface area contributed by atoms with E-state index in [1.165, 1.54) is 12.1 Å². The van der Waals surface area contributed by atoms with Crippen molar-refractivity contribution in [1.29, 1.82) is 0 Å². The molecule has 21 heavy (non-hydrogen) atoms. The minimum absolute atomic E-state index is 0.212. The average molecular weight is 375 g/mol. The average Bonchev–Trinajstić information content (AvgIpc) is 2.41.